The summed E-state index contributed by atoms with van der Waals surface area (Å²) in [5, 5.41) is 11.8. The van der Waals surface area contributed by atoms with Crippen molar-refractivity contribution in [3.05, 3.63) is 64.8 Å². The molecule has 1 aliphatic carbocycles. The Bertz CT molecular complexity index is 2240. The van der Waals surface area contributed by atoms with E-state index in [1.165, 1.54) is 4.90 Å². The predicted molar refractivity (Wildman–Crippen MR) is 236 cm³/mol. The Kier molecular flexibility index (Phi) is 15.2. The predicted octanol–water partition coefficient (Wildman–Crippen LogP) is 3.68. The maximum atomic E-state index is 13.2. The molecule has 0 spiro atoms. The maximum Gasteiger partial charge on any atom is 0.255 e. The van der Waals surface area contributed by atoms with Gasteiger partial charge in [0.1, 0.15) is 23.5 Å². The summed E-state index contributed by atoms with van der Waals surface area (Å²) in [5.74, 6) is 6.81. The van der Waals surface area contributed by atoms with Crippen molar-refractivity contribution >= 4 is 52.7 Å². The molecule has 0 bridgehead atoms. The van der Waals surface area contributed by atoms with Gasteiger partial charge in [-0.05, 0) is 74.5 Å². The molecule has 4 aliphatic rings. The van der Waals surface area contributed by atoms with Crippen molar-refractivity contribution in [3.63, 3.8) is 0 Å². The fraction of sp³-hybridized carbons (Fsp3) is 0.500. The second-order valence-corrected chi connectivity index (χ2v) is 16.0. The fourth-order valence-electron chi connectivity index (χ4n) is 8.60. The highest BCUT2D eigenvalue weighted by Gasteiger charge is 2.42. The van der Waals surface area contributed by atoms with Gasteiger partial charge in [0.05, 0.1) is 38.8 Å². The number of anilines is 4. The molecule has 1 saturated heterocycles. The number of nitrogens with zero attached hydrogens (tertiary/aromatic N) is 5. The summed E-state index contributed by atoms with van der Waals surface area (Å²) in [7, 11) is 3.32. The van der Waals surface area contributed by atoms with E-state index in [0.29, 0.717) is 99.5 Å². The van der Waals surface area contributed by atoms with Gasteiger partial charge in [-0.25, -0.2) is 4.98 Å². The van der Waals surface area contributed by atoms with Crippen LogP contribution in [0.1, 0.15) is 96.6 Å². The van der Waals surface area contributed by atoms with Crippen molar-refractivity contribution < 1.29 is 38.2 Å². The van der Waals surface area contributed by atoms with Crippen molar-refractivity contribution in [2.45, 2.75) is 89.4 Å². The third-order valence-electron chi connectivity index (χ3n) is 11.9. The molecule has 17 heteroatoms. The molecule has 334 valence electrons. The monoisotopic (exact) mass is 863 g/mol. The van der Waals surface area contributed by atoms with E-state index in [1.807, 2.05) is 13.0 Å². The first-order valence-corrected chi connectivity index (χ1v) is 22.0. The number of carbonyl (C=O) groups is 5. The zero-order chi connectivity index (χ0) is 44.3. The van der Waals surface area contributed by atoms with Crippen LogP contribution >= 0.6 is 0 Å². The molecule has 63 heavy (non-hydrogen) atoms. The zero-order valence-electron chi connectivity index (χ0n) is 36.3. The molecule has 17 nitrogen and oxygen atoms in total. The third-order valence-corrected chi connectivity index (χ3v) is 11.9. The number of piperidine rings is 1. The average Bonchev–Trinajstić information content (AvgIpc) is 3.94. The fourth-order valence-corrected chi connectivity index (χ4v) is 8.60. The minimum atomic E-state index is -0.651. The lowest BCUT2D eigenvalue weighted by molar-refractivity contribution is -0.137. The number of aromatic nitrogens is 2. The largest absolute Gasteiger partial charge is 0.495 e. The molecule has 2 fully saturated rings. The van der Waals surface area contributed by atoms with E-state index in [4.69, 9.17) is 19.2 Å². The molecular weight excluding hydrogens is 807 g/mol. The highest BCUT2D eigenvalue weighted by molar-refractivity contribution is 6.06. The molecule has 3 aliphatic heterocycles. The first kappa shape index (κ1) is 44.9. The second-order valence-electron chi connectivity index (χ2n) is 16.0. The summed E-state index contributed by atoms with van der Waals surface area (Å²) in [6.45, 7) is 5.90. The molecule has 4 heterocycles. The highest BCUT2D eigenvalue weighted by atomic mass is 16.5. The van der Waals surface area contributed by atoms with Crippen LogP contribution in [0.2, 0.25) is 0 Å². The van der Waals surface area contributed by atoms with E-state index < -0.39 is 11.9 Å². The number of imide groups is 1. The van der Waals surface area contributed by atoms with E-state index in [2.05, 4.69) is 43.0 Å². The van der Waals surface area contributed by atoms with Crippen molar-refractivity contribution in [3.8, 4) is 17.6 Å². The number of hydrogen-bond donors (Lipinski definition) is 4. The van der Waals surface area contributed by atoms with Crippen molar-refractivity contribution in [2.24, 2.45) is 0 Å². The van der Waals surface area contributed by atoms with Crippen LogP contribution in [0.15, 0.2) is 42.6 Å². The summed E-state index contributed by atoms with van der Waals surface area (Å²) < 4.78 is 17.0. The molecule has 1 aromatic heterocycles. The average molecular weight is 864 g/mol. The van der Waals surface area contributed by atoms with E-state index in [1.54, 1.807) is 55.6 Å². The summed E-state index contributed by atoms with van der Waals surface area (Å²) >= 11 is 0. The summed E-state index contributed by atoms with van der Waals surface area (Å²) in [6, 6.07) is 9.92. The van der Waals surface area contributed by atoms with E-state index in [9.17, 15) is 24.0 Å². The summed E-state index contributed by atoms with van der Waals surface area (Å²) in [6.07, 6.45) is 8.70. The van der Waals surface area contributed by atoms with Gasteiger partial charge in [0.2, 0.25) is 23.7 Å². The van der Waals surface area contributed by atoms with Crippen molar-refractivity contribution in [1.82, 2.24) is 30.8 Å². The Morgan fingerprint density at radius 1 is 0.984 bits per heavy atom. The highest BCUT2D eigenvalue weighted by Crippen LogP contribution is 2.40. The van der Waals surface area contributed by atoms with E-state index in [0.717, 1.165) is 55.6 Å². The number of methoxy groups -OCH3 is 1. The Morgan fingerprint density at radius 3 is 2.57 bits per heavy atom. The quantitative estimate of drug-likeness (QED) is 0.0775. The summed E-state index contributed by atoms with van der Waals surface area (Å²) in [5.41, 5.74) is 3.88. The molecule has 5 amide bonds. The Balaban J connectivity index is 0.759. The Hall–Kier alpha value is -6.09. The molecule has 0 radical (unpaired) electrons. The van der Waals surface area contributed by atoms with Gasteiger partial charge in [0.25, 0.3) is 11.8 Å². The number of likely N-dealkylation sites (N-methyl/N-ethyl adjacent to an activating group) is 1. The second kappa shape index (κ2) is 21.3. The van der Waals surface area contributed by atoms with E-state index >= 15 is 0 Å². The standard InChI is InChI=1S/C46H57N9O8/c1-4-36-45(60)53(2)38-28-49-46(52-41(38)55(36)32-13-5-6-14-32)50-35-17-16-31(27-39(35)61-3)42(57)48-22-24-63-26-25-62-23-10-21-47-20-8-7-11-30-12-9-15-33-34(30)29-54(44(33)59)37-18-19-40(56)51-43(37)58/h9,12,15-17,27-28,32,36-37,47H,4-6,8,10,13-14,18-26,29H2,1-3H3,(H,48,57)(H,49,50,52)(H,51,56,58)/t36-,37?/m1/s1. The first-order valence-electron chi connectivity index (χ1n) is 22.0. The van der Waals surface area contributed by atoms with Gasteiger partial charge < -0.3 is 44.9 Å². The van der Waals surface area contributed by atoms with Gasteiger partial charge in [-0.2, -0.15) is 4.98 Å². The van der Waals surface area contributed by atoms with Gasteiger partial charge in [-0.3, -0.25) is 29.3 Å². The van der Waals surface area contributed by atoms with Crippen molar-refractivity contribution in [1.29, 1.82) is 0 Å². The molecule has 2 atom stereocenters. The SMILES string of the molecule is CC[C@@H]1C(=O)N(C)c2cnc(Nc3ccc(C(=O)NCCOCCOCCCNCCC#Cc4cccc5c4CN(C4CCC(=O)NC4=O)C5=O)cc3OC)nc2N1C1CCCC1. The maximum absolute atomic E-state index is 13.2. The smallest absolute Gasteiger partial charge is 0.255 e. The van der Waals surface area contributed by atoms with Crippen LogP contribution < -0.4 is 35.8 Å². The van der Waals surface area contributed by atoms with Crippen LogP contribution in [0.4, 0.5) is 23.1 Å². The van der Waals surface area contributed by atoms with Crippen LogP contribution in [0.3, 0.4) is 0 Å². The number of rotatable bonds is 19. The van der Waals surface area contributed by atoms with Crippen molar-refractivity contribution in [2.75, 3.05) is 75.3 Å². The van der Waals surface area contributed by atoms with Crippen LogP contribution in [0.5, 0.6) is 5.75 Å². The van der Waals surface area contributed by atoms with Gasteiger partial charge in [-0.1, -0.05) is 37.7 Å². The lowest BCUT2D eigenvalue weighted by Crippen LogP contribution is -2.55. The molecular formula is C46H57N9O8. The number of hydrogen-bond acceptors (Lipinski definition) is 13. The minimum Gasteiger partial charge on any atom is -0.495 e. The zero-order valence-corrected chi connectivity index (χ0v) is 36.3. The number of nitrogens with one attached hydrogen (secondary N) is 4. The van der Waals surface area contributed by atoms with Gasteiger partial charge >= 0.3 is 0 Å². The van der Waals surface area contributed by atoms with Crippen LogP contribution in [0.25, 0.3) is 0 Å². The van der Waals surface area contributed by atoms with Crippen LogP contribution in [-0.4, -0.2) is 123 Å². The lowest BCUT2D eigenvalue weighted by atomic mass is 10.0. The Labute approximate surface area is 368 Å². The normalized spacial score (nSPS) is 18.5. The summed E-state index contributed by atoms with van der Waals surface area (Å²) in [4.78, 5) is 78.0. The minimum absolute atomic E-state index is 0.0604. The number of ether oxygens (including phenoxy) is 3. The lowest BCUT2D eigenvalue weighted by Gasteiger charge is -2.43. The van der Waals surface area contributed by atoms with Gasteiger partial charge in [0.15, 0.2) is 5.82 Å². The third kappa shape index (κ3) is 10.6. The van der Waals surface area contributed by atoms with Crippen LogP contribution in [0, 0.1) is 11.8 Å². The molecule has 2 aromatic carbocycles. The Morgan fingerprint density at radius 2 is 1.79 bits per heavy atom. The van der Waals surface area contributed by atoms with Gasteiger partial charge in [-0.15, -0.1) is 0 Å². The molecule has 7 rings (SSSR count). The van der Waals surface area contributed by atoms with Gasteiger partial charge in [0, 0.05) is 68.9 Å². The van der Waals surface area contributed by atoms with Crippen LogP contribution in [-0.2, 0) is 30.4 Å². The molecule has 4 N–H and O–H groups in total. The first-order chi connectivity index (χ1) is 30.7. The molecule has 1 saturated carbocycles. The number of fused-ring (bicyclic) bond motifs is 2. The molecule has 1 unspecified atom stereocenters. The molecule has 3 aromatic rings. The topological polar surface area (TPSA) is 197 Å². The van der Waals surface area contributed by atoms with E-state index in [-0.39, 0.29) is 42.1 Å². The number of amides is 5. The number of carbonyl (C=O) groups excluding carboxylic acids is 5. The number of benzene rings is 2.